The van der Waals surface area contributed by atoms with Gasteiger partial charge in [-0.1, -0.05) is 39.7 Å². The molecule has 0 radical (unpaired) electrons. The normalized spacial score (nSPS) is 11.5. The van der Waals surface area contributed by atoms with Gasteiger partial charge in [0.15, 0.2) is 0 Å². The zero-order valence-electron chi connectivity index (χ0n) is 8.32. The van der Waals surface area contributed by atoms with E-state index in [0.717, 1.165) is 0 Å². The van der Waals surface area contributed by atoms with Gasteiger partial charge in [-0.2, -0.15) is 0 Å². The molecular weight excluding hydrogens is 132 g/mol. The fraction of sp³-hybridized carbons (Fsp3) is 0.818. The van der Waals surface area contributed by atoms with Gasteiger partial charge in [0.1, 0.15) is 0 Å². The predicted octanol–water partition coefficient (Wildman–Crippen LogP) is 4.17. The molecule has 0 amide bonds. The van der Waals surface area contributed by atoms with Crippen molar-refractivity contribution in [2.75, 3.05) is 0 Å². The minimum atomic E-state index is 0.448. The summed E-state index contributed by atoms with van der Waals surface area (Å²) in [5, 5.41) is 0. The molecular formula is C11H22. The lowest BCUT2D eigenvalue weighted by molar-refractivity contribution is 0.304. The Hall–Kier alpha value is -0.260. The largest absolute Gasteiger partial charge is 0.103 e. The molecule has 0 aliphatic heterocycles. The van der Waals surface area contributed by atoms with Gasteiger partial charge < -0.3 is 0 Å². The Balaban J connectivity index is 4.07. The molecule has 0 atom stereocenters. The second-order valence-corrected chi connectivity index (χ2v) is 3.42. The summed E-state index contributed by atoms with van der Waals surface area (Å²) in [6.45, 7) is 10.7. The minimum absolute atomic E-state index is 0.448. The van der Waals surface area contributed by atoms with E-state index in [1.54, 1.807) is 0 Å². The molecule has 0 heteroatoms. The van der Waals surface area contributed by atoms with Gasteiger partial charge in [-0.15, -0.1) is 6.58 Å². The fourth-order valence-corrected chi connectivity index (χ4v) is 1.82. The van der Waals surface area contributed by atoms with Crippen molar-refractivity contribution in [1.82, 2.24) is 0 Å². The summed E-state index contributed by atoms with van der Waals surface area (Å²) in [6, 6.07) is 0. The highest BCUT2D eigenvalue weighted by molar-refractivity contribution is 4.93. The molecule has 0 heterocycles. The van der Waals surface area contributed by atoms with Crippen LogP contribution >= 0.6 is 0 Å². The molecule has 0 unspecified atom stereocenters. The first kappa shape index (κ1) is 10.7. The van der Waals surface area contributed by atoms with E-state index < -0.39 is 0 Å². The third-order valence-electron chi connectivity index (χ3n) is 2.63. The first-order chi connectivity index (χ1) is 5.24. The zero-order chi connectivity index (χ0) is 8.74. The van der Waals surface area contributed by atoms with Crippen molar-refractivity contribution in [2.45, 2.75) is 52.9 Å². The van der Waals surface area contributed by atoms with Crippen molar-refractivity contribution in [1.29, 1.82) is 0 Å². The van der Waals surface area contributed by atoms with Crippen molar-refractivity contribution in [2.24, 2.45) is 5.41 Å². The van der Waals surface area contributed by atoms with Crippen LogP contribution in [0.4, 0.5) is 0 Å². The van der Waals surface area contributed by atoms with Gasteiger partial charge in [0.05, 0.1) is 0 Å². The Kier molecular flexibility index (Phi) is 5.27. The monoisotopic (exact) mass is 154 g/mol. The third-order valence-corrected chi connectivity index (χ3v) is 2.63. The van der Waals surface area contributed by atoms with Crippen LogP contribution < -0.4 is 0 Å². The van der Waals surface area contributed by atoms with Crippen molar-refractivity contribution in [3.63, 3.8) is 0 Å². The highest BCUT2D eigenvalue weighted by atomic mass is 14.3. The fourth-order valence-electron chi connectivity index (χ4n) is 1.82. The Morgan fingerprint density at radius 2 is 1.55 bits per heavy atom. The summed E-state index contributed by atoms with van der Waals surface area (Å²) < 4.78 is 0. The second kappa shape index (κ2) is 5.40. The molecule has 0 aliphatic rings. The van der Waals surface area contributed by atoms with Crippen LogP contribution in [0.5, 0.6) is 0 Å². The Morgan fingerprint density at radius 3 is 1.73 bits per heavy atom. The SMILES string of the molecule is C=CC(CC)(CCC)CCC. The molecule has 66 valence electrons. The van der Waals surface area contributed by atoms with Gasteiger partial charge in [0.25, 0.3) is 0 Å². The lowest BCUT2D eigenvalue weighted by Crippen LogP contribution is -2.15. The maximum absolute atomic E-state index is 3.94. The van der Waals surface area contributed by atoms with Gasteiger partial charge in [-0.3, -0.25) is 0 Å². The molecule has 0 fully saturated rings. The molecule has 0 spiro atoms. The second-order valence-electron chi connectivity index (χ2n) is 3.42. The lowest BCUT2D eigenvalue weighted by Gasteiger charge is -2.28. The van der Waals surface area contributed by atoms with Crippen LogP contribution in [-0.2, 0) is 0 Å². The molecule has 0 rings (SSSR count). The van der Waals surface area contributed by atoms with Gasteiger partial charge in [0.2, 0.25) is 0 Å². The molecule has 0 aromatic rings. The van der Waals surface area contributed by atoms with E-state index in [-0.39, 0.29) is 0 Å². The van der Waals surface area contributed by atoms with Gasteiger partial charge >= 0.3 is 0 Å². The summed E-state index contributed by atoms with van der Waals surface area (Å²) in [6.07, 6.45) is 8.58. The first-order valence-corrected chi connectivity index (χ1v) is 4.88. The third kappa shape index (κ3) is 3.09. The smallest absolute Gasteiger partial charge is 0.0124 e. The summed E-state index contributed by atoms with van der Waals surface area (Å²) in [5.74, 6) is 0. The Morgan fingerprint density at radius 1 is 1.09 bits per heavy atom. The van der Waals surface area contributed by atoms with Crippen LogP contribution in [0.25, 0.3) is 0 Å². The Bertz CT molecular complexity index is 96.6. The molecule has 0 aromatic carbocycles. The molecule has 0 aliphatic carbocycles. The molecule has 0 N–H and O–H groups in total. The number of hydrogen-bond acceptors (Lipinski definition) is 0. The van der Waals surface area contributed by atoms with E-state index in [9.17, 15) is 0 Å². The van der Waals surface area contributed by atoms with E-state index in [2.05, 4.69) is 33.4 Å². The molecule has 0 saturated carbocycles. The summed E-state index contributed by atoms with van der Waals surface area (Å²) in [7, 11) is 0. The number of rotatable bonds is 6. The van der Waals surface area contributed by atoms with Crippen molar-refractivity contribution in [3.05, 3.63) is 12.7 Å². The van der Waals surface area contributed by atoms with Crippen LogP contribution in [0.1, 0.15) is 52.9 Å². The summed E-state index contributed by atoms with van der Waals surface area (Å²) in [4.78, 5) is 0. The molecule has 0 saturated heterocycles. The molecule has 0 nitrogen and oxygen atoms in total. The highest BCUT2D eigenvalue weighted by Crippen LogP contribution is 2.34. The maximum atomic E-state index is 3.94. The highest BCUT2D eigenvalue weighted by Gasteiger charge is 2.21. The van der Waals surface area contributed by atoms with Crippen LogP contribution in [0.15, 0.2) is 12.7 Å². The topological polar surface area (TPSA) is 0 Å². The van der Waals surface area contributed by atoms with E-state index >= 15 is 0 Å². The molecule has 0 aromatic heterocycles. The predicted molar refractivity (Wildman–Crippen MR) is 52.7 cm³/mol. The van der Waals surface area contributed by atoms with E-state index in [4.69, 9.17) is 0 Å². The van der Waals surface area contributed by atoms with Crippen molar-refractivity contribution >= 4 is 0 Å². The van der Waals surface area contributed by atoms with Gasteiger partial charge in [-0.05, 0) is 24.7 Å². The quantitative estimate of drug-likeness (QED) is 0.504. The van der Waals surface area contributed by atoms with E-state index in [1.807, 2.05) is 0 Å². The van der Waals surface area contributed by atoms with Gasteiger partial charge in [0, 0.05) is 0 Å². The first-order valence-electron chi connectivity index (χ1n) is 4.88. The van der Waals surface area contributed by atoms with Crippen LogP contribution in [0.2, 0.25) is 0 Å². The summed E-state index contributed by atoms with van der Waals surface area (Å²) in [5.41, 5.74) is 0.448. The maximum Gasteiger partial charge on any atom is -0.0124 e. The van der Waals surface area contributed by atoms with E-state index in [0.29, 0.717) is 5.41 Å². The van der Waals surface area contributed by atoms with Crippen LogP contribution in [-0.4, -0.2) is 0 Å². The molecule has 0 bridgehead atoms. The van der Waals surface area contributed by atoms with E-state index in [1.165, 1.54) is 32.1 Å². The standard InChI is InChI=1S/C11H22/c1-5-9-11(7-3,8-4)10-6-2/h7H,3,5-6,8-10H2,1-2,4H3. The van der Waals surface area contributed by atoms with Crippen molar-refractivity contribution in [3.8, 4) is 0 Å². The minimum Gasteiger partial charge on any atom is -0.103 e. The summed E-state index contributed by atoms with van der Waals surface area (Å²) >= 11 is 0. The molecule has 11 heavy (non-hydrogen) atoms. The van der Waals surface area contributed by atoms with Crippen molar-refractivity contribution < 1.29 is 0 Å². The number of hydrogen-bond donors (Lipinski definition) is 0. The number of allylic oxidation sites excluding steroid dienone is 1. The van der Waals surface area contributed by atoms with Crippen LogP contribution in [0.3, 0.4) is 0 Å². The average molecular weight is 154 g/mol. The zero-order valence-corrected chi connectivity index (χ0v) is 8.32. The Labute approximate surface area is 71.7 Å². The van der Waals surface area contributed by atoms with Gasteiger partial charge in [-0.25, -0.2) is 0 Å². The lowest BCUT2D eigenvalue weighted by atomic mass is 9.77. The average Bonchev–Trinajstić information content (AvgIpc) is 2.04. The van der Waals surface area contributed by atoms with Crippen LogP contribution in [0, 0.1) is 5.41 Å².